The minimum atomic E-state index is -0.567. The van der Waals surface area contributed by atoms with Gasteiger partial charge < -0.3 is 15.4 Å². The summed E-state index contributed by atoms with van der Waals surface area (Å²) < 4.78 is 4.79. The predicted octanol–water partition coefficient (Wildman–Crippen LogP) is 1.47. The van der Waals surface area contributed by atoms with E-state index in [9.17, 15) is 9.59 Å². The first kappa shape index (κ1) is 17.0. The lowest BCUT2D eigenvalue weighted by Crippen LogP contribution is -2.55. The fraction of sp³-hybridized carbons (Fsp3) is 0.867. The number of carbonyl (C=O) groups excluding carboxylic acids is 2. The normalized spacial score (nSPS) is 24.2. The van der Waals surface area contributed by atoms with Crippen molar-refractivity contribution in [3.05, 3.63) is 0 Å². The lowest BCUT2D eigenvalue weighted by molar-refractivity contribution is -0.148. The number of hydrogen-bond donors (Lipinski definition) is 2. The molecule has 0 bridgehead atoms. The zero-order valence-electron chi connectivity index (χ0n) is 13.1. The van der Waals surface area contributed by atoms with E-state index < -0.39 is 6.04 Å². The van der Waals surface area contributed by atoms with Crippen LogP contribution in [0, 0.1) is 11.3 Å². The molecule has 1 fully saturated rings. The van der Waals surface area contributed by atoms with Crippen LogP contribution in [0.4, 0.5) is 0 Å². The molecule has 1 aliphatic rings. The molecule has 20 heavy (non-hydrogen) atoms. The van der Waals surface area contributed by atoms with Crippen LogP contribution in [0.1, 0.15) is 46.5 Å². The molecule has 0 spiro atoms. The number of piperidine rings is 1. The third-order valence-corrected chi connectivity index (χ3v) is 4.09. The Morgan fingerprint density at radius 1 is 1.40 bits per heavy atom. The molecule has 1 heterocycles. The second kappa shape index (κ2) is 7.62. The van der Waals surface area contributed by atoms with Crippen LogP contribution < -0.4 is 10.6 Å². The molecular weight excluding hydrogens is 256 g/mol. The molecule has 2 unspecified atom stereocenters. The molecule has 116 valence electrons. The zero-order valence-corrected chi connectivity index (χ0v) is 13.1. The summed E-state index contributed by atoms with van der Waals surface area (Å²) in [6, 6.07) is -0.567. The summed E-state index contributed by atoms with van der Waals surface area (Å²) in [6.45, 7) is 7.56. The summed E-state index contributed by atoms with van der Waals surface area (Å²) in [5, 5.41) is 6.22. The van der Waals surface area contributed by atoms with Crippen molar-refractivity contribution in [3.63, 3.8) is 0 Å². The van der Waals surface area contributed by atoms with Gasteiger partial charge in [-0.25, -0.2) is 4.79 Å². The minimum Gasteiger partial charge on any atom is -0.467 e. The number of carbonyl (C=O) groups is 2. The summed E-state index contributed by atoms with van der Waals surface area (Å²) in [7, 11) is 1.36. The molecular formula is C15H28N2O3. The Balaban J connectivity index is 2.81. The van der Waals surface area contributed by atoms with E-state index in [1.165, 1.54) is 7.11 Å². The monoisotopic (exact) mass is 284 g/mol. The minimum absolute atomic E-state index is 0.0154. The first-order valence-corrected chi connectivity index (χ1v) is 7.56. The number of rotatable bonds is 6. The van der Waals surface area contributed by atoms with Crippen molar-refractivity contribution >= 4 is 11.9 Å². The van der Waals surface area contributed by atoms with E-state index in [1.54, 1.807) is 0 Å². The first-order chi connectivity index (χ1) is 9.46. The summed E-state index contributed by atoms with van der Waals surface area (Å²) in [5.74, 6) is -0.374. The summed E-state index contributed by atoms with van der Waals surface area (Å²) in [4.78, 5) is 24.5. The quantitative estimate of drug-likeness (QED) is 0.725. The van der Waals surface area contributed by atoms with Crippen LogP contribution in [0.2, 0.25) is 0 Å². The van der Waals surface area contributed by atoms with Crippen molar-refractivity contribution < 1.29 is 14.3 Å². The number of nitrogens with one attached hydrogen (secondary N) is 2. The average Bonchev–Trinajstić information content (AvgIpc) is 2.44. The fourth-order valence-electron chi connectivity index (χ4n) is 2.89. The highest BCUT2D eigenvalue weighted by molar-refractivity contribution is 5.88. The Bertz CT molecular complexity index is 331. The van der Waals surface area contributed by atoms with Gasteiger partial charge in [-0.05, 0) is 31.7 Å². The van der Waals surface area contributed by atoms with Gasteiger partial charge in [0.2, 0.25) is 5.91 Å². The van der Waals surface area contributed by atoms with Gasteiger partial charge in [-0.2, -0.15) is 0 Å². The van der Waals surface area contributed by atoms with Crippen molar-refractivity contribution in [3.8, 4) is 0 Å². The molecule has 0 aromatic rings. The van der Waals surface area contributed by atoms with Crippen LogP contribution in [0.15, 0.2) is 0 Å². The van der Waals surface area contributed by atoms with Gasteiger partial charge >= 0.3 is 5.97 Å². The molecule has 1 saturated heterocycles. The zero-order chi connectivity index (χ0) is 15.2. The molecule has 5 heteroatoms. The number of hydrogen-bond acceptors (Lipinski definition) is 4. The van der Waals surface area contributed by atoms with E-state index in [1.807, 2.05) is 13.8 Å². The molecule has 2 N–H and O–H groups in total. The summed E-state index contributed by atoms with van der Waals surface area (Å²) in [6.07, 6.45) is 3.68. The van der Waals surface area contributed by atoms with Crippen molar-refractivity contribution in [1.29, 1.82) is 0 Å². The van der Waals surface area contributed by atoms with Gasteiger partial charge in [0.1, 0.15) is 6.04 Å². The lowest BCUT2D eigenvalue weighted by atomic mass is 9.76. The second-order valence-corrected chi connectivity index (χ2v) is 6.03. The Labute approximate surface area is 121 Å². The van der Waals surface area contributed by atoms with Gasteiger partial charge in [-0.1, -0.05) is 27.2 Å². The number of ether oxygens (including phenoxy) is 1. The third-order valence-electron chi connectivity index (χ3n) is 4.09. The predicted molar refractivity (Wildman–Crippen MR) is 78.2 cm³/mol. The SMILES string of the molecule is CCCC1(C(=O)NC(C(=O)OC)C(C)C)CCCNC1. The van der Waals surface area contributed by atoms with E-state index in [2.05, 4.69) is 17.6 Å². The van der Waals surface area contributed by atoms with Gasteiger partial charge in [-0.3, -0.25) is 4.79 Å². The van der Waals surface area contributed by atoms with Crippen LogP contribution in [0.5, 0.6) is 0 Å². The maximum absolute atomic E-state index is 12.7. The third kappa shape index (κ3) is 3.95. The number of methoxy groups -OCH3 is 1. The molecule has 0 aromatic carbocycles. The van der Waals surface area contributed by atoms with Gasteiger partial charge in [0.25, 0.3) is 0 Å². The average molecular weight is 284 g/mol. The fourth-order valence-corrected chi connectivity index (χ4v) is 2.89. The standard InChI is InChI=1S/C15H28N2O3/c1-5-7-15(8-6-9-16-10-15)14(19)17-12(11(2)3)13(18)20-4/h11-12,16H,5-10H2,1-4H3,(H,17,19). The van der Waals surface area contributed by atoms with Crippen molar-refractivity contribution in [2.24, 2.45) is 11.3 Å². The molecule has 0 saturated carbocycles. The van der Waals surface area contributed by atoms with Gasteiger partial charge in [0.05, 0.1) is 12.5 Å². The molecule has 5 nitrogen and oxygen atoms in total. The molecule has 0 aromatic heterocycles. The van der Waals surface area contributed by atoms with Crippen LogP contribution >= 0.6 is 0 Å². The molecule has 1 rings (SSSR count). The smallest absolute Gasteiger partial charge is 0.328 e. The Hall–Kier alpha value is -1.10. The number of amides is 1. The first-order valence-electron chi connectivity index (χ1n) is 7.56. The lowest BCUT2D eigenvalue weighted by Gasteiger charge is -2.37. The van der Waals surface area contributed by atoms with Crippen molar-refractivity contribution in [1.82, 2.24) is 10.6 Å². The van der Waals surface area contributed by atoms with E-state index in [4.69, 9.17) is 4.74 Å². The van der Waals surface area contributed by atoms with Gasteiger partial charge in [0, 0.05) is 6.54 Å². The topological polar surface area (TPSA) is 67.4 Å². The molecule has 1 amide bonds. The summed E-state index contributed by atoms with van der Waals surface area (Å²) in [5.41, 5.74) is -0.381. The van der Waals surface area contributed by atoms with E-state index in [-0.39, 0.29) is 23.2 Å². The Morgan fingerprint density at radius 3 is 2.55 bits per heavy atom. The molecule has 1 aliphatic heterocycles. The molecule has 0 radical (unpaired) electrons. The summed E-state index contributed by atoms with van der Waals surface area (Å²) >= 11 is 0. The highest BCUT2D eigenvalue weighted by Gasteiger charge is 2.40. The van der Waals surface area contributed by atoms with E-state index >= 15 is 0 Å². The highest BCUT2D eigenvalue weighted by Crippen LogP contribution is 2.32. The van der Waals surface area contributed by atoms with Crippen LogP contribution in [0.3, 0.4) is 0 Å². The van der Waals surface area contributed by atoms with Crippen molar-refractivity contribution in [2.45, 2.75) is 52.5 Å². The van der Waals surface area contributed by atoms with Crippen LogP contribution in [0.25, 0.3) is 0 Å². The Kier molecular flexibility index (Phi) is 6.46. The molecule has 2 atom stereocenters. The van der Waals surface area contributed by atoms with Crippen LogP contribution in [-0.4, -0.2) is 38.1 Å². The van der Waals surface area contributed by atoms with Gasteiger partial charge in [-0.15, -0.1) is 0 Å². The van der Waals surface area contributed by atoms with Crippen LogP contribution in [-0.2, 0) is 14.3 Å². The molecule has 0 aliphatic carbocycles. The largest absolute Gasteiger partial charge is 0.467 e. The number of esters is 1. The second-order valence-electron chi connectivity index (χ2n) is 6.03. The van der Waals surface area contributed by atoms with E-state index in [0.717, 1.165) is 32.2 Å². The van der Waals surface area contributed by atoms with E-state index in [0.29, 0.717) is 6.54 Å². The Morgan fingerprint density at radius 2 is 2.10 bits per heavy atom. The highest BCUT2D eigenvalue weighted by atomic mass is 16.5. The van der Waals surface area contributed by atoms with Gasteiger partial charge in [0.15, 0.2) is 0 Å². The maximum Gasteiger partial charge on any atom is 0.328 e. The maximum atomic E-state index is 12.7. The van der Waals surface area contributed by atoms with Crippen molar-refractivity contribution in [2.75, 3.05) is 20.2 Å².